The van der Waals surface area contributed by atoms with Gasteiger partial charge in [-0.15, -0.1) is 0 Å². The van der Waals surface area contributed by atoms with Crippen LogP contribution in [-0.2, 0) is 4.74 Å². The maximum atomic E-state index is 11.7. The zero-order valence-corrected chi connectivity index (χ0v) is 12.8. The Morgan fingerprint density at radius 1 is 1.22 bits per heavy atom. The fourth-order valence-electron chi connectivity index (χ4n) is 2.55. The summed E-state index contributed by atoms with van der Waals surface area (Å²) in [6, 6.07) is 9.40. The molecular weight excluding hydrogens is 298 g/mol. The summed E-state index contributed by atoms with van der Waals surface area (Å²) in [6.45, 7) is 2.22. The Hall–Kier alpha value is -2.74. The highest BCUT2D eigenvalue weighted by molar-refractivity contribution is 5.75. The van der Waals surface area contributed by atoms with E-state index in [0.29, 0.717) is 32.1 Å². The van der Waals surface area contributed by atoms with Gasteiger partial charge in [-0.2, -0.15) is 0 Å². The van der Waals surface area contributed by atoms with Crippen molar-refractivity contribution < 1.29 is 9.66 Å². The lowest BCUT2D eigenvalue weighted by Crippen LogP contribution is -2.37. The number of nitrogens with zero attached hydrogens (tertiary/aromatic N) is 5. The van der Waals surface area contributed by atoms with Crippen LogP contribution in [0.3, 0.4) is 0 Å². The molecule has 2 heterocycles. The molecule has 1 aliphatic heterocycles. The summed E-state index contributed by atoms with van der Waals surface area (Å²) in [7, 11) is 1.76. The van der Waals surface area contributed by atoms with Gasteiger partial charge in [0.15, 0.2) is 0 Å². The summed E-state index contributed by atoms with van der Waals surface area (Å²) < 4.78 is 5.30. The van der Waals surface area contributed by atoms with Gasteiger partial charge in [-0.3, -0.25) is 10.1 Å². The number of anilines is 3. The minimum absolute atomic E-state index is 0.0826. The maximum Gasteiger partial charge on any atom is 0.353 e. The molecule has 1 aliphatic rings. The van der Waals surface area contributed by atoms with Crippen molar-refractivity contribution in [3.8, 4) is 0 Å². The molecule has 120 valence electrons. The Kier molecular flexibility index (Phi) is 4.33. The van der Waals surface area contributed by atoms with Gasteiger partial charge in [0, 0.05) is 25.8 Å². The van der Waals surface area contributed by atoms with Gasteiger partial charge in [-0.05, 0) is 12.1 Å². The first-order valence-corrected chi connectivity index (χ1v) is 7.29. The van der Waals surface area contributed by atoms with Gasteiger partial charge < -0.3 is 14.5 Å². The van der Waals surface area contributed by atoms with Crippen LogP contribution in [0.5, 0.6) is 0 Å². The van der Waals surface area contributed by atoms with Crippen LogP contribution in [0.4, 0.5) is 23.0 Å². The van der Waals surface area contributed by atoms with E-state index in [4.69, 9.17) is 4.74 Å². The second-order valence-electron chi connectivity index (χ2n) is 5.12. The molecule has 0 saturated carbocycles. The Labute approximate surface area is 133 Å². The third-order valence-corrected chi connectivity index (χ3v) is 3.74. The van der Waals surface area contributed by atoms with Crippen molar-refractivity contribution in [2.45, 2.75) is 0 Å². The average Bonchev–Trinajstić information content (AvgIpc) is 2.62. The van der Waals surface area contributed by atoms with E-state index in [0.717, 1.165) is 5.69 Å². The second kappa shape index (κ2) is 6.57. The molecule has 0 bridgehead atoms. The van der Waals surface area contributed by atoms with E-state index in [-0.39, 0.29) is 11.5 Å². The number of morpholine rings is 1. The first-order chi connectivity index (χ1) is 11.2. The largest absolute Gasteiger partial charge is 0.378 e. The van der Waals surface area contributed by atoms with E-state index in [9.17, 15) is 10.1 Å². The molecule has 0 N–H and O–H groups in total. The van der Waals surface area contributed by atoms with Crippen LogP contribution < -0.4 is 9.80 Å². The number of para-hydroxylation sites is 1. The van der Waals surface area contributed by atoms with Gasteiger partial charge in [0.1, 0.15) is 6.33 Å². The van der Waals surface area contributed by atoms with Crippen molar-refractivity contribution in [2.24, 2.45) is 0 Å². The van der Waals surface area contributed by atoms with E-state index < -0.39 is 4.92 Å². The van der Waals surface area contributed by atoms with Crippen LogP contribution in [0.15, 0.2) is 36.7 Å². The van der Waals surface area contributed by atoms with Crippen molar-refractivity contribution in [1.82, 2.24) is 9.97 Å². The Morgan fingerprint density at radius 3 is 2.57 bits per heavy atom. The molecule has 0 unspecified atom stereocenters. The van der Waals surface area contributed by atoms with Gasteiger partial charge in [0.05, 0.1) is 18.1 Å². The predicted molar refractivity (Wildman–Crippen MR) is 86.2 cm³/mol. The molecule has 23 heavy (non-hydrogen) atoms. The van der Waals surface area contributed by atoms with Crippen molar-refractivity contribution >= 4 is 23.0 Å². The zero-order chi connectivity index (χ0) is 16.2. The lowest BCUT2D eigenvalue weighted by atomic mass is 10.2. The van der Waals surface area contributed by atoms with E-state index in [1.165, 1.54) is 6.33 Å². The molecule has 0 spiro atoms. The van der Waals surface area contributed by atoms with Gasteiger partial charge in [-0.25, -0.2) is 9.97 Å². The van der Waals surface area contributed by atoms with Gasteiger partial charge in [0.2, 0.25) is 11.6 Å². The highest BCUT2D eigenvalue weighted by Gasteiger charge is 2.30. The molecule has 1 aromatic carbocycles. The molecule has 2 aromatic rings. The van der Waals surface area contributed by atoms with Gasteiger partial charge in [-0.1, -0.05) is 18.2 Å². The minimum Gasteiger partial charge on any atom is -0.378 e. The smallest absolute Gasteiger partial charge is 0.353 e. The van der Waals surface area contributed by atoms with E-state index >= 15 is 0 Å². The van der Waals surface area contributed by atoms with Crippen molar-refractivity contribution in [1.29, 1.82) is 0 Å². The fraction of sp³-hybridized carbons (Fsp3) is 0.333. The van der Waals surface area contributed by atoms with Crippen LogP contribution >= 0.6 is 0 Å². The zero-order valence-electron chi connectivity index (χ0n) is 12.8. The first kappa shape index (κ1) is 15.2. The van der Waals surface area contributed by atoms with E-state index in [1.807, 2.05) is 35.2 Å². The monoisotopic (exact) mass is 315 g/mol. The second-order valence-corrected chi connectivity index (χ2v) is 5.12. The molecule has 8 nitrogen and oxygen atoms in total. The number of rotatable bonds is 4. The number of benzene rings is 1. The summed E-state index contributed by atoms with van der Waals surface area (Å²) in [6.07, 6.45) is 1.37. The summed E-state index contributed by atoms with van der Waals surface area (Å²) in [5, 5.41) is 11.7. The summed E-state index contributed by atoms with van der Waals surface area (Å²) in [4.78, 5) is 23.1. The number of ether oxygens (including phenoxy) is 1. The lowest BCUT2D eigenvalue weighted by Gasteiger charge is -2.28. The minimum atomic E-state index is -0.417. The summed E-state index contributed by atoms with van der Waals surface area (Å²) in [5.74, 6) is 0.615. The molecule has 1 fully saturated rings. The molecule has 0 aliphatic carbocycles. The molecule has 0 radical (unpaired) electrons. The van der Waals surface area contributed by atoms with Crippen LogP contribution in [0.2, 0.25) is 0 Å². The standard InChI is InChI=1S/C15H17N5O3/c1-18(12-5-3-2-4-6-12)14-13(20(21)22)15(17-11-16-14)19-7-9-23-10-8-19/h2-6,11H,7-10H2,1H3. The summed E-state index contributed by atoms with van der Waals surface area (Å²) >= 11 is 0. The normalized spacial score (nSPS) is 14.6. The average molecular weight is 315 g/mol. The Morgan fingerprint density at radius 2 is 1.91 bits per heavy atom. The van der Waals surface area contributed by atoms with Crippen LogP contribution in [0, 0.1) is 10.1 Å². The number of aromatic nitrogens is 2. The molecule has 8 heteroatoms. The van der Waals surface area contributed by atoms with E-state index in [1.54, 1.807) is 11.9 Å². The Bertz CT molecular complexity index is 689. The fourth-order valence-corrected chi connectivity index (χ4v) is 2.55. The molecule has 1 aromatic heterocycles. The molecule has 1 saturated heterocycles. The van der Waals surface area contributed by atoms with Gasteiger partial charge >= 0.3 is 5.69 Å². The highest BCUT2D eigenvalue weighted by atomic mass is 16.6. The predicted octanol–water partition coefficient (Wildman–Crippen LogP) is 1.99. The maximum absolute atomic E-state index is 11.7. The molecule has 0 amide bonds. The SMILES string of the molecule is CN(c1ccccc1)c1ncnc(N2CCOCC2)c1[N+](=O)[O-]. The number of hydrogen-bond donors (Lipinski definition) is 0. The van der Waals surface area contributed by atoms with Crippen molar-refractivity contribution in [3.63, 3.8) is 0 Å². The van der Waals surface area contributed by atoms with Crippen LogP contribution in [-0.4, -0.2) is 48.2 Å². The topological polar surface area (TPSA) is 84.6 Å². The van der Waals surface area contributed by atoms with Crippen LogP contribution in [0.25, 0.3) is 0 Å². The Balaban J connectivity index is 2.04. The quantitative estimate of drug-likeness (QED) is 0.630. The molecular formula is C15H17N5O3. The lowest BCUT2D eigenvalue weighted by molar-refractivity contribution is -0.383. The van der Waals surface area contributed by atoms with Crippen molar-refractivity contribution in [2.75, 3.05) is 43.2 Å². The van der Waals surface area contributed by atoms with Crippen LogP contribution in [0.1, 0.15) is 0 Å². The summed E-state index contributed by atoms with van der Waals surface area (Å²) in [5.41, 5.74) is 0.739. The van der Waals surface area contributed by atoms with Gasteiger partial charge in [0.25, 0.3) is 0 Å². The third kappa shape index (κ3) is 3.07. The molecule has 0 atom stereocenters. The number of nitro groups is 1. The van der Waals surface area contributed by atoms with Crippen molar-refractivity contribution in [3.05, 3.63) is 46.8 Å². The first-order valence-electron chi connectivity index (χ1n) is 7.29. The molecule has 3 rings (SSSR count). The number of hydrogen-bond acceptors (Lipinski definition) is 7. The van der Waals surface area contributed by atoms with E-state index in [2.05, 4.69) is 9.97 Å². The third-order valence-electron chi connectivity index (χ3n) is 3.74. The highest BCUT2D eigenvalue weighted by Crippen LogP contribution is 2.36.